The summed E-state index contributed by atoms with van der Waals surface area (Å²) < 4.78 is 1.84. The predicted octanol–water partition coefficient (Wildman–Crippen LogP) is -0.0988. The molecule has 0 bridgehead atoms. The zero-order chi connectivity index (χ0) is 8.97. The van der Waals surface area contributed by atoms with E-state index >= 15 is 0 Å². The highest BCUT2D eigenvalue weighted by atomic mass is 16.3. The molecule has 1 heterocycles. The summed E-state index contributed by atoms with van der Waals surface area (Å²) in [4.78, 5) is 0. The van der Waals surface area contributed by atoms with Crippen LogP contribution in [0.1, 0.15) is 12.1 Å². The summed E-state index contributed by atoms with van der Waals surface area (Å²) in [6.07, 6.45) is 2.68. The van der Waals surface area contributed by atoms with Crippen LogP contribution in [0.15, 0.2) is 12.3 Å². The molecular weight excluding hydrogens is 154 g/mol. The molecule has 12 heavy (non-hydrogen) atoms. The van der Waals surface area contributed by atoms with E-state index in [4.69, 9.17) is 10.8 Å². The minimum atomic E-state index is -0.130. The van der Waals surface area contributed by atoms with Crippen LogP contribution in [0.5, 0.6) is 0 Å². The molecule has 0 amide bonds. The number of aromatic nitrogens is 2. The molecular formula is C8H15N3O. The van der Waals surface area contributed by atoms with E-state index in [1.807, 2.05) is 23.9 Å². The van der Waals surface area contributed by atoms with Crippen LogP contribution in [0, 0.1) is 6.92 Å². The molecule has 0 aliphatic heterocycles. The predicted molar refractivity (Wildman–Crippen MR) is 46.6 cm³/mol. The minimum Gasteiger partial charge on any atom is -0.395 e. The van der Waals surface area contributed by atoms with Gasteiger partial charge in [-0.15, -0.1) is 0 Å². The van der Waals surface area contributed by atoms with Gasteiger partial charge in [-0.25, -0.2) is 0 Å². The molecule has 1 aromatic rings. The lowest BCUT2D eigenvalue weighted by Gasteiger charge is -2.06. The third-order valence-electron chi connectivity index (χ3n) is 1.74. The summed E-state index contributed by atoms with van der Waals surface area (Å²) in [5.41, 5.74) is 6.54. The van der Waals surface area contributed by atoms with E-state index in [2.05, 4.69) is 5.10 Å². The second-order valence-electron chi connectivity index (χ2n) is 2.95. The Labute approximate surface area is 72.0 Å². The van der Waals surface area contributed by atoms with Gasteiger partial charge in [0.2, 0.25) is 0 Å². The van der Waals surface area contributed by atoms with Crippen molar-refractivity contribution in [1.82, 2.24) is 9.78 Å². The van der Waals surface area contributed by atoms with Gasteiger partial charge < -0.3 is 10.8 Å². The van der Waals surface area contributed by atoms with Crippen molar-refractivity contribution in [3.05, 3.63) is 18.0 Å². The molecule has 1 rings (SSSR count). The SMILES string of the molecule is Cc1ccn(CCC(N)CO)n1. The maximum absolute atomic E-state index is 8.66. The van der Waals surface area contributed by atoms with Gasteiger partial charge >= 0.3 is 0 Å². The average molecular weight is 169 g/mol. The minimum absolute atomic E-state index is 0.0419. The Bertz CT molecular complexity index is 234. The molecule has 0 aromatic carbocycles. The van der Waals surface area contributed by atoms with Gasteiger partial charge in [0.15, 0.2) is 0 Å². The monoisotopic (exact) mass is 169 g/mol. The van der Waals surface area contributed by atoms with Gasteiger partial charge in [-0.3, -0.25) is 4.68 Å². The number of nitrogens with two attached hydrogens (primary N) is 1. The number of hydrogen-bond acceptors (Lipinski definition) is 3. The van der Waals surface area contributed by atoms with Crippen LogP contribution >= 0.6 is 0 Å². The van der Waals surface area contributed by atoms with Crippen LogP contribution in [0.2, 0.25) is 0 Å². The molecule has 4 nitrogen and oxygen atoms in total. The van der Waals surface area contributed by atoms with Gasteiger partial charge in [-0.1, -0.05) is 0 Å². The van der Waals surface area contributed by atoms with E-state index in [9.17, 15) is 0 Å². The normalized spacial score (nSPS) is 13.2. The van der Waals surface area contributed by atoms with Crippen LogP contribution in [0.25, 0.3) is 0 Å². The lowest BCUT2D eigenvalue weighted by atomic mass is 10.2. The molecule has 0 fully saturated rings. The maximum Gasteiger partial charge on any atom is 0.0593 e. The van der Waals surface area contributed by atoms with Crippen molar-refractivity contribution in [3.8, 4) is 0 Å². The van der Waals surface area contributed by atoms with Gasteiger partial charge in [0.05, 0.1) is 12.3 Å². The Morgan fingerprint density at radius 1 is 1.75 bits per heavy atom. The zero-order valence-corrected chi connectivity index (χ0v) is 7.27. The quantitative estimate of drug-likeness (QED) is 0.661. The molecule has 0 spiro atoms. The van der Waals surface area contributed by atoms with E-state index in [1.54, 1.807) is 0 Å². The molecule has 0 aliphatic carbocycles. The molecule has 1 aromatic heterocycles. The Hall–Kier alpha value is -0.870. The summed E-state index contributed by atoms with van der Waals surface area (Å²) in [6, 6.07) is 1.82. The zero-order valence-electron chi connectivity index (χ0n) is 7.27. The van der Waals surface area contributed by atoms with Crippen LogP contribution in [-0.2, 0) is 6.54 Å². The highest BCUT2D eigenvalue weighted by Crippen LogP contribution is 1.96. The fraction of sp³-hybridized carbons (Fsp3) is 0.625. The van der Waals surface area contributed by atoms with E-state index in [0.29, 0.717) is 0 Å². The second kappa shape index (κ2) is 4.23. The van der Waals surface area contributed by atoms with Gasteiger partial charge in [0.1, 0.15) is 0 Å². The average Bonchev–Trinajstić information content (AvgIpc) is 2.47. The largest absolute Gasteiger partial charge is 0.395 e. The lowest BCUT2D eigenvalue weighted by Crippen LogP contribution is -2.25. The first kappa shape index (κ1) is 9.22. The van der Waals surface area contributed by atoms with Crippen molar-refractivity contribution < 1.29 is 5.11 Å². The third kappa shape index (κ3) is 2.64. The topological polar surface area (TPSA) is 64.1 Å². The van der Waals surface area contributed by atoms with Crippen LogP contribution in [-0.4, -0.2) is 27.5 Å². The number of aliphatic hydroxyl groups is 1. The van der Waals surface area contributed by atoms with Crippen molar-refractivity contribution in [3.63, 3.8) is 0 Å². The highest BCUT2D eigenvalue weighted by molar-refractivity contribution is 4.94. The second-order valence-corrected chi connectivity index (χ2v) is 2.95. The van der Waals surface area contributed by atoms with Crippen LogP contribution in [0.4, 0.5) is 0 Å². The Morgan fingerprint density at radius 3 is 3.00 bits per heavy atom. The van der Waals surface area contributed by atoms with Crippen molar-refractivity contribution in [2.45, 2.75) is 25.9 Å². The summed E-state index contributed by atoms with van der Waals surface area (Å²) in [6.45, 7) is 2.76. The summed E-state index contributed by atoms with van der Waals surface area (Å²) >= 11 is 0. The van der Waals surface area contributed by atoms with Gasteiger partial charge in [-0.2, -0.15) is 5.10 Å². The summed E-state index contributed by atoms with van der Waals surface area (Å²) in [5.74, 6) is 0. The number of nitrogens with zero attached hydrogens (tertiary/aromatic N) is 2. The van der Waals surface area contributed by atoms with E-state index in [0.717, 1.165) is 18.7 Å². The Balaban J connectivity index is 2.33. The standard InChI is InChI=1S/C8H15N3O/c1-7-2-4-11(10-7)5-3-8(9)6-12/h2,4,8,12H,3,5-6,9H2,1H3. The van der Waals surface area contributed by atoms with Crippen molar-refractivity contribution in [1.29, 1.82) is 0 Å². The van der Waals surface area contributed by atoms with Gasteiger partial charge in [0.25, 0.3) is 0 Å². The molecule has 1 unspecified atom stereocenters. The molecule has 0 radical (unpaired) electrons. The lowest BCUT2D eigenvalue weighted by molar-refractivity contribution is 0.255. The van der Waals surface area contributed by atoms with Crippen LogP contribution < -0.4 is 5.73 Å². The highest BCUT2D eigenvalue weighted by Gasteiger charge is 2.00. The first-order chi connectivity index (χ1) is 5.72. The van der Waals surface area contributed by atoms with E-state index < -0.39 is 0 Å². The van der Waals surface area contributed by atoms with Crippen molar-refractivity contribution >= 4 is 0 Å². The number of rotatable bonds is 4. The first-order valence-corrected chi connectivity index (χ1v) is 4.09. The van der Waals surface area contributed by atoms with Crippen LogP contribution in [0.3, 0.4) is 0 Å². The van der Waals surface area contributed by atoms with Gasteiger partial charge in [-0.05, 0) is 19.4 Å². The van der Waals surface area contributed by atoms with Gasteiger partial charge in [0, 0.05) is 18.8 Å². The molecule has 3 N–H and O–H groups in total. The fourth-order valence-corrected chi connectivity index (χ4v) is 0.977. The molecule has 68 valence electrons. The number of aliphatic hydroxyl groups excluding tert-OH is 1. The molecule has 0 saturated heterocycles. The fourth-order valence-electron chi connectivity index (χ4n) is 0.977. The van der Waals surface area contributed by atoms with E-state index in [1.165, 1.54) is 0 Å². The van der Waals surface area contributed by atoms with Crippen molar-refractivity contribution in [2.24, 2.45) is 5.73 Å². The molecule has 0 saturated carbocycles. The smallest absolute Gasteiger partial charge is 0.0593 e. The summed E-state index contributed by atoms with van der Waals surface area (Å²) in [7, 11) is 0. The molecule has 0 aliphatic rings. The summed E-state index contributed by atoms with van der Waals surface area (Å²) in [5, 5.41) is 12.9. The Morgan fingerprint density at radius 2 is 2.50 bits per heavy atom. The number of aryl methyl sites for hydroxylation is 2. The van der Waals surface area contributed by atoms with Crippen molar-refractivity contribution in [2.75, 3.05) is 6.61 Å². The molecule has 1 atom stereocenters. The van der Waals surface area contributed by atoms with E-state index in [-0.39, 0.29) is 12.6 Å². The first-order valence-electron chi connectivity index (χ1n) is 4.09. The maximum atomic E-state index is 8.66. The molecule has 4 heteroatoms. The Kier molecular flexibility index (Phi) is 3.25. The number of hydrogen-bond donors (Lipinski definition) is 2. The third-order valence-corrected chi connectivity index (χ3v) is 1.74.